The van der Waals surface area contributed by atoms with Crippen molar-refractivity contribution in [1.82, 2.24) is 10.6 Å². The van der Waals surface area contributed by atoms with Crippen LogP contribution in [0.25, 0.3) is 11.1 Å². The Bertz CT molecular complexity index is 2110. The Morgan fingerprint density at radius 1 is 0.860 bits per heavy atom. The number of fused-ring (bicyclic) bond motifs is 3. The van der Waals surface area contributed by atoms with Gasteiger partial charge in [0.1, 0.15) is 24.7 Å². The van der Waals surface area contributed by atoms with Crippen molar-refractivity contribution in [3.05, 3.63) is 131 Å². The standard InChI is InChI=1S/C44H48ClN3O8Si/c1-7-24-54-42(52)41(48-43(53)55-27-36-34-14-10-8-12-32(34)33-13-9-11-15-35(33)36)29-16-21-38(37(45)25-29)56-57(5,6)44(3,4)30-17-19-31(20-18-30)47-40(51)23-22-39(50)46-26-28(2)49/h7-21,25,36,41H,1,22-24,26-27H2,2-6H3,(H,46,50)(H,47,51)(H,48,53)/t41-/m0/s1. The predicted octanol–water partition coefficient (Wildman–Crippen LogP) is 8.17. The molecule has 11 nitrogen and oxygen atoms in total. The third-order valence-corrected chi connectivity index (χ3v) is 14.7. The van der Waals surface area contributed by atoms with Gasteiger partial charge >= 0.3 is 12.1 Å². The molecule has 0 aromatic heterocycles. The molecule has 1 aliphatic rings. The number of alkyl carbamates (subject to hydrolysis) is 1. The number of rotatable bonds is 17. The summed E-state index contributed by atoms with van der Waals surface area (Å²) in [4.78, 5) is 61.9. The van der Waals surface area contributed by atoms with E-state index < -0.39 is 31.5 Å². The SMILES string of the molecule is C=CCOC(=O)[C@@H](NC(=O)OCC1c2ccccc2-c2ccccc21)c1ccc(O[Si](C)(C)C(C)(C)c2ccc(NC(=O)CCC(=O)NCC(C)=O)cc2)c(Cl)c1. The Morgan fingerprint density at radius 3 is 2.07 bits per heavy atom. The van der Waals surface area contributed by atoms with E-state index in [0.29, 0.717) is 17.0 Å². The zero-order chi connectivity index (χ0) is 41.3. The first kappa shape index (κ1) is 42.4. The van der Waals surface area contributed by atoms with Gasteiger partial charge in [-0.15, -0.1) is 0 Å². The van der Waals surface area contributed by atoms with E-state index >= 15 is 0 Å². The summed E-state index contributed by atoms with van der Waals surface area (Å²) >= 11 is 6.81. The minimum Gasteiger partial charge on any atom is -0.542 e. The molecule has 0 fully saturated rings. The van der Waals surface area contributed by atoms with E-state index in [9.17, 15) is 24.0 Å². The number of esters is 1. The van der Waals surface area contributed by atoms with Crippen molar-refractivity contribution in [1.29, 1.82) is 0 Å². The molecule has 5 rings (SSSR count). The molecule has 3 amide bonds. The molecular formula is C44H48ClN3O8Si. The van der Waals surface area contributed by atoms with E-state index in [0.717, 1.165) is 27.8 Å². The van der Waals surface area contributed by atoms with Gasteiger partial charge in [-0.2, -0.15) is 0 Å². The van der Waals surface area contributed by atoms with Gasteiger partial charge in [0, 0.05) is 29.5 Å². The minimum atomic E-state index is -2.65. The van der Waals surface area contributed by atoms with Crippen LogP contribution in [0.3, 0.4) is 0 Å². The molecule has 57 heavy (non-hydrogen) atoms. The molecule has 13 heteroatoms. The first-order valence-corrected chi connectivity index (χ1v) is 21.9. The van der Waals surface area contributed by atoms with Gasteiger partial charge in [-0.05, 0) is 77.7 Å². The van der Waals surface area contributed by atoms with E-state index in [-0.39, 0.29) is 61.1 Å². The molecule has 0 heterocycles. The van der Waals surface area contributed by atoms with Crippen molar-refractivity contribution in [2.75, 3.05) is 25.1 Å². The minimum absolute atomic E-state index is 0.0213. The maximum atomic E-state index is 13.3. The summed E-state index contributed by atoms with van der Waals surface area (Å²) in [6.45, 7) is 13.2. The molecule has 1 atom stereocenters. The highest BCUT2D eigenvalue weighted by Crippen LogP contribution is 2.44. The van der Waals surface area contributed by atoms with Gasteiger partial charge in [0.15, 0.2) is 6.04 Å². The van der Waals surface area contributed by atoms with Gasteiger partial charge in [-0.1, -0.05) is 105 Å². The lowest BCUT2D eigenvalue weighted by Gasteiger charge is -2.40. The van der Waals surface area contributed by atoms with E-state index in [1.807, 2.05) is 48.5 Å². The Balaban J connectivity index is 1.24. The molecule has 0 radical (unpaired) electrons. The highest BCUT2D eigenvalue weighted by atomic mass is 35.5. The van der Waals surface area contributed by atoms with Crippen molar-refractivity contribution in [3.63, 3.8) is 0 Å². The van der Waals surface area contributed by atoms with Crippen molar-refractivity contribution >= 4 is 55.3 Å². The highest BCUT2D eigenvalue weighted by molar-refractivity contribution is 6.74. The van der Waals surface area contributed by atoms with Gasteiger partial charge in [0.05, 0.1) is 11.6 Å². The van der Waals surface area contributed by atoms with E-state index in [4.69, 9.17) is 25.5 Å². The number of nitrogens with one attached hydrogen (secondary N) is 3. The molecule has 298 valence electrons. The van der Waals surface area contributed by atoms with Crippen molar-refractivity contribution in [2.24, 2.45) is 0 Å². The molecule has 0 spiro atoms. The first-order valence-electron chi connectivity index (χ1n) is 18.6. The van der Waals surface area contributed by atoms with E-state index in [1.54, 1.807) is 30.3 Å². The summed E-state index contributed by atoms with van der Waals surface area (Å²) in [7, 11) is -2.65. The topological polar surface area (TPSA) is 149 Å². The van der Waals surface area contributed by atoms with Crippen LogP contribution in [-0.2, 0) is 33.7 Å². The summed E-state index contributed by atoms with van der Waals surface area (Å²) in [6, 6.07) is 27.2. The average Bonchev–Trinajstić information content (AvgIpc) is 3.50. The molecule has 0 aliphatic heterocycles. The van der Waals surface area contributed by atoms with Crippen LogP contribution < -0.4 is 20.4 Å². The van der Waals surface area contributed by atoms with Crippen LogP contribution in [-0.4, -0.2) is 57.7 Å². The fourth-order valence-electron chi connectivity index (χ4n) is 6.52. The first-order chi connectivity index (χ1) is 27.1. The number of hydrogen-bond acceptors (Lipinski definition) is 8. The van der Waals surface area contributed by atoms with Crippen molar-refractivity contribution < 1.29 is 37.9 Å². The Labute approximate surface area is 339 Å². The van der Waals surface area contributed by atoms with Crippen LogP contribution in [0, 0.1) is 0 Å². The second kappa shape index (κ2) is 18.5. The number of carbonyl (C=O) groups excluding carboxylic acids is 5. The smallest absolute Gasteiger partial charge is 0.408 e. The molecule has 4 aromatic carbocycles. The fourth-order valence-corrected chi connectivity index (χ4v) is 8.66. The molecule has 0 unspecified atom stereocenters. The second-order valence-electron chi connectivity index (χ2n) is 14.9. The summed E-state index contributed by atoms with van der Waals surface area (Å²) in [5.74, 6) is -1.30. The predicted molar refractivity (Wildman–Crippen MR) is 223 cm³/mol. The fraction of sp³-hybridized carbons (Fsp3) is 0.295. The number of amides is 3. The Kier molecular flexibility index (Phi) is 13.8. The summed E-state index contributed by atoms with van der Waals surface area (Å²) < 4.78 is 17.7. The highest BCUT2D eigenvalue weighted by Gasteiger charge is 2.44. The quantitative estimate of drug-likeness (QED) is 0.0550. The molecule has 0 saturated carbocycles. The third kappa shape index (κ3) is 10.4. The number of carbonyl (C=O) groups is 5. The third-order valence-electron chi connectivity index (χ3n) is 10.3. The van der Waals surface area contributed by atoms with Crippen LogP contribution in [0.1, 0.15) is 67.8 Å². The molecule has 4 aromatic rings. The largest absolute Gasteiger partial charge is 0.542 e. The van der Waals surface area contributed by atoms with Gasteiger partial charge in [0.25, 0.3) is 8.32 Å². The van der Waals surface area contributed by atoms with Crippen LogP contribution >= 0.6 is 11.6 Å². The molecule has 0 bridgehead atoms. The zero-order valence-corrected chi connectivity index (χ0v) is 34.5. The van der Waals surface area contributed by atoms with Crippen LogP contribution in [0.15, 0.2) is 104 Å². The Hall–Kier alpha value is -5.72. The lowest BCUT2D eigenvalue weighted by Crippen LogP contribution is -2.53. The summed E-state index contributed by atoms with van der Waals surface area (Å²) in [5, 5.41) is 7.75. The van der Waals surface area contributed by atoms with Crippen LogP contribution in [0.5, 0.6) is 5.75 Å². The zero-order valence-electron chi connectivity index (χ0n) is 32.8. The van der Waals surface area contributed by atoms with Crippen molar-refractivity contribution in [3.8, 4) is 16.9 Å². The second-order valence-corrected chi connectivity index (χ2v) is 19.7. The molecule has 3 N–H and O–H groups in total. The number of halogens is 1. The molecule has 0 saturated heterocycles. The van der Waals surface area contributed by atoms with Gasteiger partial charge in [-0.25, -0.2) is 9.59 Å². The monoisotopic (exact) mass is 809 g/mol. The number of anilines is 1. The van der Waals surface area contributed by atoms with Crippen LogP contribution in [0.4, 0.5) is 10.5 Å². The Morgan fingerprint density at radius 2 is 1.47 bits per heavy atom. The maximum Gasteiger partial charge on any atom is 0.408 e. The van der Waals surface area contributed by atoms with Crippen LogP contribution in [0.2, 0.25) is 18.1 Å². The van der Waals surface area contributed by atoms with Gasteiger partial charge in [-0.3, -0.25) is 14.4 Å². The normalized spacial score (nSPS) is 12.7. The summed E-state index contributed by atoms with van der Waals surface area (Å²) in [5.41, 5.74) is 6.26. The molecular weight excluding hydrogens is 762 g/mol. The number of Topliss-reactive ketones (excluding diaryl/α,β-unsaturated/α-hetero) is 1. The van der Waals surface area contributed by atoms with Crippen molar-refractivity contribution in [2.45, 2.75) is 63.7 Å². The molecule has 1 aliphatic carbocycles. The number of hydrogen-bond donors (Lipinski definition) is 3. The summed E-state index contributed by atoms with van der Waals surface area (Å²) in [6.07, 6.45) is 0.600. The average molecular weight is 810 g/mol. The van der Waals surface area contributed by atoms with Gasteiger partial charge in [0.2, 0.25) is 11.8 Å². The van der Waals surface area contributed by atoms with E-state index in [2.05, 4.69) is 61.6 Å². The van der Waals surface area contributed by atoms with E-state index in [1.165, 1.54) is 13.0 Å². The number of benzene rings is 4. The maximum absolute atomic E-state index is 13.3. The number of ether oxygens (including phenoxy) is 2. The lowest BCUT2D eigenvalue weighted by atomic mass is 9.98. The van der Waals surface area contributed by atoms with Gasteiger partial charge < -0.3 is 29.9 Å². The number of ketones is 1. The lowest BCUT2D eigenvalue weighted by molar-refractivity contribution is -0.145.